The zero-order valence-corrected chi connectivity index (χ0v) is 17.5. The quantitative estimate of drug-likeness (QED) is 0.672. The summed E-state index contributed by atoms with van der Waals surface area (Å²) in [5.41, 5.74) is 9.22. The molecular weight excluding hydrogens is 382 g/mol. The molecule has 0 amide bonds. The molecule has 6 nitrogen and oxygen atoms in total. The molecule has 0 spiro atoms. The third kappa shape index (κ3) is 3.75. The number of hydrogen-bond donors (Lipinski definition) is 2. The number of anilines is 1. The van der Waals surface area contributed by atoms with Crippen molar-refractivity contribution in [1.82, 2.24) is 20.8 Å². The topological polar surface area (TPSA) is 62.3 Å². The number of rotatable bonds is 5. The van der Waals surface area contributed by atoms with Gasteiger partial charge in [-0.3, -0.25) is 10.9 Å². The van der Waals surface area contributed by atoms with Crippen molar-refractivity contribution in [2.75, 3.05) is 31.6 Å². The molecule has 2 aliphatic rings. The Hall–Kier alpha value is -2.06. The number of nitrogens with zero attached hydrogens (tertiary/aromatic N) is 3. The van der Waals surface area contributed by atoms with Crippen molar-refractivity contribution in [1.29, 1.82) is 0 Å². The Balaban J connectivity index is 1.57. The molecule has 0 aliphatic carbocycles. The first kappa shape index (κ1) is 18.9. The van der Waals surface area contributed by atoms with Gasteiger partial charge in [-0.25, -0.2) is 9.97 Å². The second-order valence-corrected chi connectivity index (χ2v) is 8.76. The minimum Gasteiger partial charge on any atom is -0.377 e. The van der Waals surface area contributed by atoms with Crippen molar-refractivity contribution in [3.05, 3.63) is 41.5 Å². The summed E-state index contributed by atoms with van der Waals surface area (Å²) in [5, 5.41) is 3.40. The van der Waals surface area contributed by atoms with Gasteiger partial charge >= 0.3 is 0 Å². The van der Waals surface area contributed by atoms with Gasteiger partial charge in [0.1, 0.15) is 17.3 Å². The zero-order valence-electron chi connectivity index (χ0n) is 16.7. The Labute approximate surface area is 175 Å². The van der Waals surface area contributed by atoms with Crippen molar-refractivity contribution in [3.63, 3.8) is 0 Å². The van der Waals surface area contributed by atoms with Gasteiger partial charge in [-0.15, -0.1) is 11.3 Å². The predicted octanol–water partition coefficient (Wildman–Crippen LogP) is 3.59. The number of aromatic nitrogens is 2. The van der Waals surface area contributed by atoms with Crippen LogP contribution in [-0.2, 0) is 11.3 Å². The van der Waals surface area contributed by atoms with Crippen LogP contribution in [0, 0.1) is 5.92 Å². The number of methoxy groups -OCH3 is 1. The van der Waals surface area contributed by atoms with Crippen LogP contribution in [0.25, 0.3) is 21.3 Å². The van der Waals surface area contributed by atoms with Crippen molar-refractivity contribution in [2.45, 2.75) is 31.9 Å². The van der Waals surface area contributed by atoms with Gasteiger partial charge < -0.3 is 9.64 Å². The fourth-order valence-corrected chi connectivity index (χ4v) is 5.57. The Morgan fingerprint density at radius 3 is 2.90 bits per heavy atom. The number of nitrogens with one attached hydrogen (secondary N) is 2. The SMILES string of the molecule is COCc1nc(N2CCCC(C3CCNN3)C2)c2c(-c3ccccc3)csc2n1. The highest BCUT2D eigenvalue weighted by molar-refractivity contribution is 7.17. The second-order valence-electron chi connectivity index (χ2n) is 7.91. The number of hydrogen-bond acceptors (Lipinski definition) is 7. The highest BCUT2D eigenvalue weighted by Crippen LogP contribution is 2.39. The van der Waals surface area contributed by atoms with Gasteiger partial charge in [-0.2, -0.15) is 0 Å². The third-order valence-electron chi connectivity index (χ3n) is 6.01. The lowest BCUT2D eigenvalue weighted by Crippen LogP contribution is -2.45. The first-order chi connectivity index (χ1) is 14.3. The van der Waals surface area contributed by atoms with Crippen molar-refractivity contribution < 1.29 is 4.74 Å². The summed E-state index contributed by atoms with van der Waals surface area (Å²) in [6, 6.07) is 11.1. The van der Waals surface area contributed by atoms with Gasteiger partial charge in [0.25, 0.3) is 0 Å². The summed E-state index contributed by atoms with van der Waals surface area (Å²) in [5.74, 6) is 2.46. The van der Waals surface area contributed by atoms with Crippen LogP contribution in [-0.4, -0.2) is 42.8 Å². The number of benzene rings is 1. The number of thiophene rings is 1. The molecule has 29 heavy (non-hydrogen) atoms. The summed E-state index contributed by atoms with van der Waals surface area (Å²) in [6.45, 7) is 3.56. The summed E-state index contributed by atoms with van der Waals surface area (Å²) in [6.07, 6.45) is 3.66. The normalized spacial score (nSPS) is 22.4. The van der Waals surface area contributed by atoms with E-state index >= 15 is 0 Å². The number of piperidine rings is 1. The van der Waals surface area contributed by atoms with Crippen LogP contribution in [0.1, 0.15) is 25.1 Å². The lowest BCUT2D eigenvalue weighted by molar-refractivity contribution is 0.178. The Kier molecular flexibility index (Phi) is 5.46. The van der Waals surface area contributed by atoms with Gasteiger partial charge in [-0.1, -0.05) is 30.3 Å². The van der Waals surface area contributed by atoms with Gasteiger partial charge in [0.2, 0.25) is 0 Å². The monoisotopic (exact) mass is 409 g/mol. The van der Waals surface area contributed by atoms with E-state index in [0.717, 1.165) is 36.1 Å². The minimum absolute atomic E-state index is 0.437. The molecule has 2 unspecified atom stereocenters. The fraction of sp³-hybridized carbons (Fsp3) is 0.455. The van der Waals surface area contributed by atoms with Crippen LogP contribution in [0.15, 0.2) is 35.7 Å². The van der Waals surface area contributed by atoms with E-state index in [1.54, 1.807) is 18.4 Å². The Bertz CT molecular complexity index is 970. The Morgan fingerprint density at radius 2 is 2.10 bits per heavy atom. The van der Waals surface area contributed by atoms with Crippen LogP contribution in [0.3, 0.4) is 0 Å². The maximum Gasteiger partial charge on any atom is 0.158 e. The molecule has 0 saturated carbocycles. The molecule has 152 valence electrons. The maximum atomic E-state index is 5.36. The van der Waals surface area contributed by atoms with Crippen LogP contribution < -0.4 is 15.8 Å². The smallest absolute Gasteiger partial charge is 0.158 e. The zero-order chi connectivity index (χ0) is 19.6. The van der Waals surface area contributed by atoms with E-state index in [1.807, 2.05) is 0 Å². The van der Waals surface area contributed by atoms with Gasteiger partial charge in [-0.05, 0) is 30.7 Å². The third-order valence-corrected chi connectivity index (χ3v) is 6.89. The lowest BCUT2D eigenvalue weighted by Gasteiger charge is -2.36. The van der Waals surface area contributed by atoms with E-state index in [9.17, 15) is 0 Å². The maximum absolute atomic E-state index is 5.36. The van der Waals surface area contributed by atoms with Gasteiger partial charge in [0, 0.05) is 43.7 Å². The lowest BCUT2D eigenvalue weighted by atomic mass is 9.89. The van der Waals surface area contributed by atoms with E-state index < -0.39 is 0 Å². The van der Waals surface area contributed by atoms with Crippen LogP contribution in [0.5, 0.6) is 0 Å². The average molecular weight is 410 g/mol. The first-order valence-electron chi connectivity index (χ1n) is 10.4. The molecule has 5 rings (SSSR count). The van der Waals surface area contributed by atoms with Crippen LogP contribution in [0.2, 0.25) is 0 Å². The van der Waals surface area contributed by atoms with Gasteiger partial charge in [0.15, 0.2) is 5.82 Å². The largest absolute Gasteiger partial charge is 0.377 e. The van der Waals surface area contributed by atoms with E-state index in [2.05, 4.69) is 51.5 Å². The molecule has 2 atom stereocenters. The van der Waals surface area contributed by atoms with E-state index in [0.29, 0.717) is 18.6 Å². The predicted molar refractivity (Wildman–Crippen MR) is 118 cm³/mol. The highest BCUT2D eigenvalue weighted by atomic mass is 32.1. The summed E-state index contributed by atoms with van der Waals surface area (Å²) in [7, 11) is 1.70. The summed E-state index contributed by atoms with van der Waals surface area (Å²) in [4.78, 5) is 13.3. The van der Waals surface area contributed by atoms with Crippen LogP contribution in [0.4, 0.5) is 5.82 Å². The van der Waals surface area contributed by atoms with E-state index in [1.165, 1.54) is 35.8 Å². The first-order valence-corrected chi connectivity index (χ1v) is 11.3. The van der Waals surface area contributed by atoms with Crippen molar-refractivity contribution >= 4 is 27.4 Å². The van der Waals surface area contributed by atoms with Crippen molar-refractivity contribution in [2.24, 2.45) is 5.92 Å². The molecule has 2 saturated heterocycles. The molecule has 7 heteroatoms. The fourth-order valence-electron chi connectivity index (χ4n) is 4.61. The van der Waals surface area contributed by atoms with Crippen LogP contribution >= 0.6 is 11.3 Å². The molecule has 0 bridgehead atoms. The molecule has 1 aromatic carbocycles. The highest BCUT2D eigenvalue weighted by Gasteiger charge is 2.31. The standard InChI is InChI=1S/C22H27N5OS/c1-28-13-19-24-21(27-11-5-8-16(12-27)18-9-10-23-26-18)20-17(14-29-22(20)25-19)15-6-3-2-4-7-15/h2-4,6-7,14,16,18,23,26H,5,8-13H2,1H3. The molecule has 2 aliphatic heterocycles. The van der Waals surface area contributed by atoms with Gasteiger partial charge in [0.05, 0.1) is 5.39 Å². The number of fused-ring (bicyclic) bond motifs is 1. The van der Waals surface area contributed by atoms with E-state index in [4.69, 9.17) is 14.7 Å². The van der Waals surface area contributed by atoms with Crippen molar-refractivity contribution in [3.8, 4) is 11.1 Å². The Morgan fingerprint density at radius 1 is 1.21 bits per heavy atom. The molecular formula is C22H27N5OS. The second kappa shape index (κ2) is 8.36. The minimum atomic E-state index is 0.437. The average Bonchev–Trinajstić information content (AvgIpc) is 3.44. The molecule has 2 aromatic heterocycles. The summed E-state index contributed by atoms with van der Waals surface area (Å²) >= 11 is 1.70. The molecule has 2 N–H and O–H groups in total. The number of hydrazine groups is 1. The molecule has 2 fully saturated rings. The molecule has 4 heterocycles. The van der Waals surface area contributed by atoms with E-state index in [-0.39, 0.29) is 0 Å². The number of ether oxygens (including phenoxy) is 1. The summed E-state index contributed by atoms with van der Waals surface area (Å²) < 4.78 is 5.36. The molecule has 3 aromatic rings. The molecule has 0 radical (unpaired) electrons.